The van der Waals surface area contributed by atoms with Gasteiger partial charge in [0.2, 0.25) is 0 Å². The summed E-state index contributed by atoms with van der Waals surface area (Å²) in [4.78, 5) is 14.0. The lowest BCUT2D eigenvalue weighted by Crippen LogP contribution is -2.38. The van der Waals surface area contributed by atoms with Gasteiger partial charge < -0.3 is 20.7 Å². The largest absolute Gasteiger partial charge is 0.442 e. The number of amides is 1. The Bertz CT molecular complexity index is 2230. The Hall–Kier alpha value is -5.01. The van der Waals surface area contributed by atoms with E-state index >= 15 is 13.2 Å². The van der Waals surface area contributed by atoms with Crippen LogP contribution in [0.4, 0.5) is 23.7 Å². The number of hydrogen-bond acceptors (Lipinski definition) is 10. The summed E-state index contributed by atoms with van der Waals surface area (Å²) >= 11 is 0. The second-order valence-electron chi connectivity index (χ2n) is 17.6. The zero-order chi connectivity index (χ0) is 39.3. The fraction of sp³-hybridized carbons (Fsp3) is 0.571. The van der Waals surface area contributed by atoms with E-state index in [0.29, 0.717) is 38.5 Å². The van der Waals surface area contributed by atoms with Gasteiger partial charge in [-0.25, -0.2) is 22.6 Å². The van der Waals surface area contributed by atoms with Gasteiger partial charge in [0.1, 0.15) is 23.6 Å². The highest BCUT2D eigenvalue weighted by Gasteiger charge is 2.78. The van der Waals surface area contributed by atoms with E-state index in [-0.39, 0.29) is 70.5 Å². The van der Waals surface area contributed by atoms with Crippen LogP contribution < -0.4 is 20.9 Å². The van der Waals surface area contributed by atoms with Gasteiger partial charge in [0, 0.05) is 59.1 Å². The van der Waals surface area contributed by atoms with Gasteiger partial charge in [0.25, 0.3) is 0 Å². The minimum atomic E-state index is -0.798. The summed E-state index contributed by atoms with van der Waals surface area (Å²) in [5.41, 5.74) is -1.05. The summed E-state index contributed by atoms with van der Waals surface area (Å²) < 4.78 is 57.0. The summed E-state index contributed by atoms with van der Waals surface area (Å²) in [7, 11) is 0. The van der Waals surface area contributed by atoms with Crippen LogP contribution in [0.15, 0.2) is 42.7 Å². The highest BCUT2D eigenvalue weighted by atomic mass is 19.1. The number of anilines is 1. The van der Waals surface area contributed by atoms with Gasteiger partial charge in [-0.15, -0.1) is 5.10 Å². The number of carbonyl (C=O) groups excluding carboxylic acids is 1. The highest BCUT2D eigenvalue weighted by Crippen LogP contribution is 2.76. The molecule has 7 aliphatic rings. The van der Waals surface area contributed by atoms with Crippen LogP contribution in [0, 0.1) is 109 Å². The molecule has 4 saturated heterocycles. The van der Waals surface area contributed by atoms with Crippen molar-refractivity contribution < 1.29 is 22.7 Å². The van der Waals surface area contributed by atoms with Crippen molar-refractivity contribution in [2.75, 3.05) is 50.7 Å². The summed E-state index contributed by atoms with van der Waals surface area (Å²) in [5.74, 6) is -3.58. The number of halogens is 3. The molecule has 12 nitrogen and oxygen atoms in total. The number of nitriles is 3. The molecule has 5 heterocycles. The molecule has 0 spiro atoms. The Morgan fingerprint density at radius 2 is 1.54 bits per heavy atom. The van der Waals surface area contributed by atoms with Crippen LogP contribution in [0.1, 0.15) is 37.2 Å². The first-order valence-corrected chi connectivity index (χ1v) is 20.1. The number of cyclic esters (lactones) is 1. The molecular formula is C42H43F3N10O2. The third-order valence-corrected chi connectivity index (χ3v) is 15.4. The van der Waals surface area contributed by atoms with Crippen molar-refractivity contribution in [1.82, 2.24) is 30.9 Å². The topological polar surface area (TPSA) is 168 Å². The van der Waals surface area contributed by atoms with Gasteiger partial charge in [0.15, 0.2) is 0 Å². The van der Waals surface area contributed by atoms with Crippen LogP contribution in [0.25, 0.3) is 11.1 Å². The number of carbonyl (C=O) groups is 1. The molecule has 4 aliphatic heterocycles. The molecule has 57 heavy (non-hydrogen) atoms. The first-order chi connectivity index (χ1) is 27.7. The van der Waals surface area contributed by atoms with Crippen LogP contribution in [0.3, 0.4) is 0 Å². The third kappa shape index (κ3) is 5.30. The van der Waals surface area contributed by atoms with E-state index in [1.807, 2.05) is 0 Å². The molecule has 1 aromatic heterocycles. The van der Waals surface area contributed by atoms with Crippen molar-refractivity contribution in [3.63, 3.8) is 0 Å². The van der Waals surface area contributed by atoms with E-state index in [9.17, 15) is 20.6 Å². The monoisotopic (exact) mass is 776 g/mol. The fourth-order valence-electron chi connectivity index (χ4n) is 12.6. The Morgan fingerprint density at radius 3 is 2.19 bits per heavy atom. The second kappa shape index (κ2) is 13.3. The number of benzene rings is 2. The minimum absolute atomic E-state index is 0.00395. The number of rotatable bonds is 13. The van der Waals surface area contributed by atoms with Gasteiger partial charge in [0.05, 0.1) is 60.9 Å². The lowest BCUT2D eigenvalue weighted by atomic mass is 9.64. The number of ether oxygens (including phenoxy) is 1. The molecule has 12 atom stereocenters. The van der Waals surface area contributed by atoms with Crippen molar-refractivity contribution in [2.45, 2.75) is 44.2 Å². The van der Waals surface area contributed by atoms with Crippen LogP contribution in [0.5, 0.6) is 0 Å². The summed E-state index contributed by atoms with van der Waals surface area (Å²) in [6.07, 6.45) is 5.15. The van der Waals surface area contributed by atoms with Crippen molar-refractivity contribution in [3.05, 3.63) is 65.7 Å². The minimum Gasteiger partial charge on any atom is -0.442 e. The number of nitrogens with zero attached hydrogens (tertiary/aromatic N) is 7. The summed E-state index contributed by atoms with van der Waals surface area (Å²) in [6, 6.07) is 14.0. The molecule has 0 radical (unpaired) electrons. The molecule has 0 bridgehead atoms. The van der Waals surface area contributed by atoms with Crippen LogP contribution in [0.2, 0.25) is 0 Å². The number of fused-ring (bicyclic) bond motifs is 3. The van der Waals surface area contributed by atoms with Gasteiger partial charge >= 0.3 is 6.09 Å². The molecule has 3 N–H and O–H groups in total. The SMILES string of the molecule is N#CC1C2CNCC12CCCCC(C(c1c(F)cc(-c2ccc(N3C[C@H](Cn4ccnn4)OC3=O)cc2F)cc1F)C12CNCC1C2C#N)C12CNCC1C2C#N. The molecule has 2 aromatic carbocycles. The van der Waals surface area contributed by atoms with E-state index in [0.717, 1.165) is 38.4 Å². The third-order valence-electron chi connectivity index (χ3n) is 15.4. The number of aromatic nitrogens is 3. The number of unbranched alkanes of at least 4 members (excludes halogenated alkanes) is 1. The molecule has 7 fully saturated rings. The Morgan fingerprint density at radius 1 is 0.860 bits per heavy atom. The van der Waals surface area contributed by atoms with E-state index < -0.39 is 52.3 Å². The highest BCUT2D eigenvalue weighted by molar-refractivity contribution is 5.90. The number of hydrogen-bond donors (Lipinski definition) is 3. The van der Waals surface area contributed by atoms with Crippen LogP contribution >= 0.6 is 0 Å². The van der Waals surface area contributed by atoms with E-state index in [4.69, 9.17) is 4.74 Å². The average Bonchev–Trinajstić information content (AvgIpc) is 3.67. The maximum absolute atomic E-state index is 17.1. The van der Waals surface area contributed by atoms with Crippen LogP contribution in [-0.4, -0.2) is 73.0 Å². The average molecular weight is 777 g/mol. The van der Waals surface area contributed by atoms with Crippen molar-refractivity contribution >= 4 is 11.8 Å². The number of piperidine rings is 3. The van der Waals surface area contributed by atoms with Crippen molar-refractivity contribution in [3.8, 4) is 29.3 Å². The molecule has 3 aromatic rings. The van der Waals surface area contributed by atoms with Crippen molar-refractivity contribution in [1.29, 1.82) is 15.8 Å². The summed E-state index contributed by atoms with van der Waals surface area (Å²) in [6.45, 7) is 4.37. The molecule has 1 amide bonds. The number of nitrogens with one attached hydrogen (secondary N) is 3. The van der Waals surface area contributed by atoms with Crippen LogP contribution in [-0.2, 0) is 11.3 Å². The lowest BCUT2D eigenvalue weighted by Gasteiger charge is -2.40. The zero-order valence-electron chi connectivity index (χ0n) is 31.3. The lowest BCUT2D eigenvalue weighted by molar-refractivity contribution is 0.129. The van der Waals surface area contributed by atoms with Gasteiger partial charge in [-0.3, -0.25) is 4.90 Å². The summed E-state index contributed by atoms with van der Waals surface area (Å²) in [5, 5.41) is 48.6. The maximum Gasteiger partial charge on any atom is 0.414 e. The van der Waals surface area contributed by atoms with E-state index in [2.05, 4.69) is 44.5 Å². The predicted octanol–water partition coefficient (Wildman–Crippen LogP) is 4.73. The fourth-order valence-corrected chi connectivity index (χ4v) is 12.6. The first-order valence-electron chi connectivity index (χ1n) is 20.1. The molecular weight excluding hydrogens is 734 g/mol. The zero-order valence-corrected chi connectivity index (χ0v) is 31.3. The van der Waals surface area contributed by atoms with E-state index in [1.54, 1.807) is 6.20 Å². The smallest absolute Gasteiger partial charge is 0.414 e. The Labute approximate surface area is 328 Å². The normalized spacial score (nSPS) is 36.3. The van der Waals surface area contributed by atoms with Gasteiger partial charge in [-0.1, -0.05) is 18.1 Å². The van der Waals surface area contributed by atoms with E-state index in [1.165, 1.54) is 40.0 Å². The van der Waals surface area contributed by atoms with Gasteiger partial charge in [-0.05, 0) is 92.0 Å². The maximum atomic E-state index is 17.1. The molecule has 10 rings (SSSR count). The quantitative estimate of drug-likeness (QED) is 0.207. The Kier molecular flexibility index (Phi) is 8.46. The van der Waals surface area contributed by atoms with Gasteiger partial charge in [-0.2, -0.15) is 15.8 Å². The molecule has 15 heteroatoms. The molecule has 3 saturated carbocycles. The predicted molar refractivity (Wildman–Crippen MR) is 198 cm³/mol. The van der Waals surface area contributed by atoms with Crippen molar-refractivity contribution in [2.24, 2.45) is 57.7 Å². The molecule has 294 valence electrons. The molecule has 3 aliphatic carbocycles. The Balaban J connectivity index is 0.969. The standard InChI is InChI=1S/C42H43F3N10O2/c43-34-11-24(55-19-25(57-39(55)56)18-54-8-7-52-53-54)4-5-26(34)23-9-35(44)37(36(45)10-23)38(42-22-51-17-33(42)30(42)14-48)27(41-21-50-16-32(41)29(41)13-47)3-1-2-6-40-20-49-15-31(40)28(40)12-46/h4-5,7-11,25,27-33,38,49-51H,1-3,6,15-22H2/t25-,27?,28?,29?,30?,31?,32?,33?,38?,40?,41?,42?/m0/s1. The first kappa shape index (κ1) is 36.3. The molecule has 11 unspecified atom stereocenters. The second-order valence-corrected chi connectivity index (χ2v) is 17.6.